The van der Waals surface area contributed by atoms with Crippen LogP contribution in [0, 0.1) is 0 Å². The van der Waals surface area contributed by atoms with Gasteiger partial charge in [0.15, 0.2) is 0 Å². The van der Waals surface area contributed by atoms with Crippen molar-refractivity contribution in [3.8, 4) is 44.9 Å². The van der Waals surface area contributed by atoms with E-state index in [1.165, 1.54) is 11.1 Å². The number of methoxy groups -OCH3 is 2. The minimum Gasteiger partial charge on any atom is -0.494 e. The van der Waals surface area contributed by atoms with E-state index in [0.29, 0.717) is 0 Å². The molecular formula is C32H24N2O2. The Labute approximate surface area is 209 Å². The molecule has 0 N–H and O–H groups in total. The summed E-state index contributed by atoms with van der Waals surface area (Å²) < 4.78 is 11.0. The maximum Gasteiger partial charge on any atom is 0.145 e. The lowest BCUT2D eigenvalue weighted by Gasteiger charge is -2.12. The van der Waals surface area contributed by atoms with Crippen LogP contribution in [0.2, 0.25) is 0 Å². The Balaban J connectivity index is 1.33. The van der Waals surface area contributed by atoms with Gasteiger partial charge < -0.3 is 9.47 Å². The molecule has 4 heteroatoms. The van der Waals surface area contributed by atoms with Gasteiger partial charge in [0.05, 0.1) is 14.2 Å². The van der Waals surface area contributed by atoms with Crippen LogP contribution in [0.5, 0.6) is 11.5 Å². The Morgan fingerprint density at radius 3 is 1.22 bits per heavy atom. The molecule has 0 aliphatic heterocycles. The van der Waals surface area contributed by atoms with Crippen molar-refractivity contribution in [2.75, 3.05) is 14.2 Å². The Morgan fingerprint density at radius 1 is 0.444 bits per heavy atom. The van der Waals surface area contributed by atoms with Crippen LogP contribution in [-0.2, 0) is 0 Å². The zero-order valence-corrected chi connectivity index (χ0v) is 20.1. The number of benzene rings is 4. The van der Waals surface area contributed by atoms with E-state index in [9.17, 15) is 0 Å². The predicted octanol–water partition coefficient (Wildman–Crippen LogP) is 7.80. The number of rotatable bonds is 5. The summed E-state index contributed by atoms with van der Waals surface area (Å²) in [6, 6.07) is 33.6. The van der Waals surface area contributed by atoms with E-state index in [1.54, 1.807) is 26.6 Å². The Morgan fingerprint density at radius 2 is 0.833 bits per heavy atom. The largest absolute Gasteiger partial charge is 0.494 e. The zero-order valence-electron chi connectivity index (χ0n) is 20.1. The van der Waals surface area contributed by atoms with E-state index in [2.05, 4.69) is 82.8 Å². The second kappa shape index (κ2) is 9.16. The summed E-state index contributed by atoms with van der Waals surface area (Å²) in [7, 11) is 3.36. The highest BCUT2D eigenvalue weighted by Crippen LogP contribution is 2.36. The molecule has 4 nitrogen and oxygen atoms in total. The van der Waals surface area contributed by atoms with Crippen LogP contribution in [0.1, 0.15) is 0 Å². The van der Waals surface area contributed by atoms with Crippen molar-refractivity contribution in [1.29, 1.82) is 0 Å². The molecule has 6 aromatic rings. The van der Waals surface area contributed by atoms with Gasteiger partial charge in [0.2, 0.25) is 0 Å². The highest BCUT2D eigenvalue weighted by atomic mass is 16.5. The van der Waals surface area contributed by atoms with E-state index >= 15 is 0 Å². The molecule has 0 aliphatic carbocycles. The molecule has 0 spiro atoms. The average Bonchev–Trinajstić information content (AvgIpc) is 2.96. The summed E-state index contributed by atoms with van der Waals surface area (Å²) in [5.41, 5.74) is 8.66. The fourth-order valence-corrected chi connectivity index (χ4v) is 4.81. The van der Waals surface area contributed by atoms with E-state index in [0.717, 1.165) is 55.6 Å². The van der Waals surface area contributed by atoms with Gasteiger partial charge >= 0.3 is 0 Å². The highest BCUT2D eigenvalue weighted by Gasteiger charge is 2.11. The lowest BCUT2D eigenvalue weighted by atomic mass is 9.95. The fraction of sp³-hybridized carbons (Fsp3) is 0.0625. The lowest BCUT2D eigenvalue weighted by molar-refractivity contribution is 0.419. The van der Waals surface area contributed by atoms with Gasteiger partial charge in [-0.15, -0.1) is 0 Å². The van der Waals surface area contributed by atoms with Crippen molar-refractivity contribution in [3.05, 3.63) is 109 Å². The molecule has 0 saturated carbocycles. The third-order valence-electron chi connectivity index (χ3n) is 6.63. The summed E-state index contributed by atoms with van der Waals surface area (Å²) in [5, 5.41) is 2.16. The van der Waals surface area contributed by atoms with Crippen molar-refractivity contribution >= 4 is 21.8 Å². The van der Waals surface area contributed by atoms with Crippen molar-refractivity contribution in [1.82, 2.24) is 9.97 Å². The summed E-state index contributed by atoms with van der Waals surface area (Å²) in [4.78, 5) is 9.06. The van der Waals surface area contributed by atoms with Crippen molar-refractivity contribution < 1.29 is 9.47 Å². The van der Waals surface area contributed by atoms with Crippen molar-refractivity contribution in [2.45, 2.75) is 0 Å². The minimum absolute atomic E-state index is 0.784. The second-order valence-corrected chi connectivity index (χ2v) is 8.58. The quantitative estimate of drug-likeness (QED) is 0.259. The molecular weight excluding hydrogens is 444 g/mol. The third-order valence-corrected chi connectivity index (χ3v) is 6.63. The van der Waals surface area contributed by atoms with Crippen LogP contribution >= 0.6 is 0 Å². The molecule has 0 saturated heterocycles. The minimum atomic E-state index is 0.784. The van der Waals surface area contributed by atoms with E-state index in [-0.39, 0.29) is 0 Å². The van der Waals surface area contributed by atoms with Crippen LogP contribution in [0.4, 0.5) is 0 Å². The van der Waals surface area contributed by atoms with E-state index in [4.69, 9.17) is 9.47 Å². The standard InChI is InChI=1S/C32H24N2O2/c1-35-29-17-15-25(27-5-3-19-33-31(27)29)23-11-7-21(8-12-23)22-9-13-24(14-10-22)26-16-18-30(36-2)32-28(26)6-4-20-34-32/h3-20H,1-2H3. The van der Waals surface area contributed by atoms with Gasteiger partial charge in [0.25, 0.3) is 0 Å². The maximum atomic E-state index is 5.50. The van der Waals surface area contributed by atoms with Crippen LogP contribution in [0.3, 0.4) is 0 Å². The Hall–Kier alpha value is -4.70. The first-order valence-electron chi connectivity index (χ1n) is 11.8. The summed E-state index contributed by atoms with van der Waals surface area (Å²) >= 11 is 0. The Bertz CT molecular complexity index is 1560. The number of fused-ring (bicyclic) bond motifs is 2. The zero-order chi connectivity index (χ0) is 24.5. The predicted molar refractivity (Wildman–Crippen MR) is 146 cm³/mol. The molecule has 0 fully saturated rings. The first-order chi connectivity index (χ1) is 17.8. The molecule has 36 heavy (non-hydrogen) atoms. The Kier molecular flexibility index (Phi) is 5.55. The second-order valence-electron chi connectivity index (χ2n) is 8.58. The highest BCUT2D eigenvalue weighted by molar-refractivity contribution is 5.99. The first kappa shape index (κ1) is 21.8. The normalized spacial score (nSPS) is 11.1. The van der Waals surface area contributed by atoms with Crippen LogP contribution in [0.15, 0.2) is 109 Å². The SMILES string of the molecule is COc1ccc(-c2ccc(-c3ccc(-c4ccc(OC)c5ncccc45)cc3)cc2)c2cccnc12. The van der Waals surface area contributed by atoms with Gasteiger partial charge in [-0.2, -0.15) is 0 Å². The van der Waals surface area contributed by atoms with Gasteiger partial charge in [0.1, 0.15) is 22.5 Å². The van der Waals surface area contributed by atoms with Gasteiger partial charge in [0, 0.05) is 23.2 Å². The molecule has 0 aliphatic rings. The third kappa shape index (κ3) is 3.73. The molecule has 0 radical (unpaired) electrons. The molecule has 2 heterocycles. The molecule has 0 bridgehead atoms. The van der Waals surface area contributed by atoms with Gasteiger partial charge in [-0.3, -0.25) is 9.97 Å². The fourth-order valence-electron chi connectivity index (χ4n) is 4.81. The summed E-state index contributed by atoms with van der Waals surface area (Å²) in [6.45, 7) is 0. The number of nitrogens with zero attached hydrogens (tertiary/aromatic N) is 2. The first-order valence-corrected chi connectivity index (χ1v) is 11.8. The molecule has 0 unspecified atom stereocenters. The molecule has 6 rings (SSSR count). The number of aromatic nitrogens is 2. The van der Waals surface area contributed by atoms with Crippen molar-refractivity contribution in [3.63, 3.8) is 0 Å². The average molecular weight is 469 g/mol. The number of hydrogen-bond donors (Lipinski definition) is 0. The molecule has 174 valence electrons. The van der Waals surface area contributed by atoms with E-state index in [1.807, 2.05) is 24.3 Å². The molecule has 2 aromatic heterocycles. The monoisotopic (exact) mass is 468 g/mol. The molecule has 0 amide bonds. The van der Waals surface area contributed by atoms with Gasteiger partial charge in [-0.05, 0) is 69.8 Å². The number of ether oxygens (including phenoxy) is 2. The summed E-state index contributed by atoms with van der Waals surface area (Å²) in [6.07, 6.45) is 3.60. The van der Waals surface area contributed by atoms with Crippen LogP contribution < -0.4 is 9.47 Å². The number of hydrogen-bond acceptors (Lipinski definition) is 4. The van der Waals surface area contributed by atoms with Crippen molar-refractivity contribution in [2.24, 2.45) is 0 Å². The maximum absolute atomic E-state index is 5.50. The molecule has 0 atom stereocenters. The lowest BCUT2D eigenvalue weighted by Crippen LogP contribution is -1.90. The van der Waals surface area contributed by atoms with Gasteiger partial charge in [-0.1, -0.05) is 60.7 Å². The van der Waals surface area contributed by atoms with E-state index < -0.39 is 0 Å². The van der Waals surface area contributed by atoms with Gasteiger partial charge in [-0.25, -0.2) is 0 Å². The summed E-state index contributed by atoms with van der Waals surface area (Å²) in [5.74, 6) is 1.57. The number of pyridine rings is 2. The molecule has 4 aromatic carbocycles. The topological polar surface area (TPSA) is 44.2 Å². The van der Waals surface area contributed by atoms with Crippen LogP contribution in [-0.4, -0.2) is 24.2 Å². The smallest absolute Gasteiger partial charge is 0.145 e. The van der Waals surface area contributed by atoms with Crippen LogP contribution in [0.25, 0.3) is 55.2 Å².